The number of hydrogen-bond acceptors (Lipinski definition) is 1. The third kappa shape index (κ3) is 2.19. The van der Waals surface area contributed by atoms with Gasteiger partial charge in [-0.3, -0.25) is 0 Å². The minimum absolute atomic E-state index is 0.721. The predicted molar refractivity (Wildman–Crippen MR) is 62.2 cm³/mol. The minimum Gasteiger partial charge on any atom is -0.198 e. The van der Waals surface area contributed by atoms with Crippen molar-refractivity contribution in [2.75, 3.05) is 0 Å². The van der Waals surface area contributed by atoms with Crippen LogP contribution in [0.3, 0.4) is 0 Å². The lowest BCUT2D eigenvalue weighted by Crippen LogP contribution is -2.42. The van der Waals surface area contributed by atoms with Gasteiger partial charge in [0.2, 0.25) is 0 Å². The molecule has 0 bridgehead atoms. The molecular weight excluding hydrogens is 182 g/mol. The highest BCUT2D eigenvalue weighted by Gasteiger charge is 2.46. The summed E-state index contributed by atoms with van der Waals surface area (Å²) >= 11 is 0. The van der Waals surface area contributed by atoms with Crippen molar-refractivity contribution in [2.45, 2.75) is 58.8 Å². The van der Waals surface area contributed by atoms with E-state index in [-0.39, 0.29) is 0 Å². The summed E-state index contributed by atoms with van der Waals surface area (Å²) in [5.41, 5.74) is 0.723. The van der Waals surface area contributed by atoms with E-state index in [1.807, 2.05) is 0 Å². The van der Waals surface area contributed by atoms with Gasteiger partial charge in [-0.2, -0.15) is 5.26 Å². The zero-order valence-corrected chi connectivity index (χ0v) is 10.1. The Morgan fingerprint density at radius 3 is 2.33 bits per heavy atom. The molecule has 2 saturated carbocycles. The highest BCUT2D eigenvalue weighted by atomic mass is 14.5. The molecule has 0 atom stereocenters. The Hall–Kier alpha value is -0.510. The fourth-order valence-corrected chi connectivity index (χ4v) is 3.56. The molecule has 0 aromatic heterocycles. The van der Waals surface area contributed by atoms with Crippen LogP contribution < -0.4 is 0 Å². The van der Waals surface area contributed by atoms with E-state index in [4.69, 9.17) is 5.26 Å². The molecule has 2 aliphatic carbocycles. The molecule has 2 fully saturated rings. The average molecular weight is 205 g/mol. The van der Waals surface area contributed by atoms with Crippen LogP contribution in [0.5, 0.6) is 0 Å². The lowest BCUT2D eigenvalue weighted by atomic mass is 9.52. The summed E-state index contributed by atoms with van der Waals surface area (Å²) in [4.78, 5) is 0. The lowest BCUT2D eigenvalue weighted by Gasteiger charge is -2.53. The Kier molecular flexibility index (Phi) is 3.05. The second-order valence-electron chi connectivity index (χ2n) is 6.22. The topological polar surface area (TPSA) is 23.8 Å². The SMILES string of the molecule is CC(C)C1CC2(CCC(CC#N)CC2)C1. The number of rotatable bonds is 2. The maximum atomic E-state index is 8.68. The number of nitrogens with zero attached hydrogens (tertiary/aromatic N) is 1. The second-order valence-corrected chi connectivity index (χ2v) is 6.22. The number of hydrogen-bond donors (Lipinski definition) is 0. The molecule has 0 radical (unpaired) electrons. The molecule has 1 nitrogen and oxygen atoms in total. The molecule has 0 unspecified atom stereocenters. The van der Waals surface area contributed by atoms with Gasteiger partial charge in [-0.25, -0.2) is 0 Å². The van der Waals surface area contributed by atoms with Gasteiger partial charge in [0.25, 0.3) is 0 Å². The summed E-state index contributed by atoms with van der Waals surface area (Å²) < 4.78 is 0. The van der Waals surface area contributed by atoms with Crippen molar-refractivity contribution in [3.05, 3.63) is 0 Å². The largest absolute Gasteiger partial charge is 0.198 e. The molecule has 0 aromatic rings. The first-order chi connectivity index (χ1) is 7.15. The molecule has 2 aliphatic rings. The van der Waals surface area contributed by atoms with E-state index < -0.39 is 0 Å². The van der Waals surface area contributed by atoms with Crippen molar-refractivity contribution in [1.29, 1.82) is 5.26 Å². The second kappa shape index (κ2) is 4.16. The molecule has 1 heteroatoms. The highest BCUT2D eigenvalue weighted by Crippen LogP contribution is 2.57. The normalized spacial score (nSPS) is 40.1. The van der Waals surface area contributed by atoms with Gasteiger partial charge in [-0.15, -0.1) is 0 Å². The molecule has 0 saturated heterocycles. The van der Waals surface area contributed by atoms with Crippen LogP contribution in [0.4, 0.5) is 0 Å². The van der Waals surface area contributed by atoms with Crippen molar-refractivity contribution >= 4 is 0 Å². The summed E-state index contributed by atoms with van der Waals surface area (Å²) in [6.07, 6.45) is 9.19. The first-order valence-corrected chi connectivity index (χ1v) is 6.52. The van der Waals surface area contributed by atoms with Gasteiger partial charge < -0.3 is 0 Å². The Balaban J connectivity index is 1.78. The van der Waals surface area contributed by atoms with E-state index in [2.05, 4.69) is 19.9 Å². The summed E-state index contributed by atoms with van der Waals surface area (Å²) in [5.74, 6) is 2.60. The van der Waals surface area contributed by atoms with E-state index in [1.54, 1.807) is 0 Å². The molecule has 1 spiro atoms. The Labute approximate surface area is 93.9 Å². The standard InChI is InChI=1S/C14H23N/c1-11(2)13-9-14(10-13)6-3-12(4-7-14)5-8-15/h11-13H,3-7,9-10H2,1-2H3. The van der Waals surface area contributed by atoms with Crippen molar-refractivity contribution in [1.82, 2.24) is 0 Å². The quantitative estimate of drug-likeness (QED) is 0.664. The maximum absolute atomic E-state index is 8.68. The minimum atomic E-state index is 0.721. The predicted octanol–water partition coefficient (Wildman–Crippen LogP) is 4.14. The summed E-state index contributed by atoms with van der Waals surface area (Å²) in [6.45, 7) is 4.72. The molecule has 84 valence electrons. The van der Waals surface area contributed by atoms with Gasteiger partial charge in [0, 0.05) is 6.42 Å². The summed E-state index contributed by atoms with van der Waals surface area (Å²) in [5, 5.41) is 8.68. The van der Waals surface area contributed by atoms with Gasteiger partial charge in [-0.1, -0.05) is 13.8 Å². The lowest BCUT2D eigenvalue weighted by molar-refractivity contribution is -0.0196. The third-order valence-electron chi connectivity index (χ3n) is 4.88. The Morgan fingerprint density at radius 1 is 1.27 bits per heavy atom. The van der Waals surface area contributed by atoms with Crippen molar-refractivity contribution in [2.24, 2.45) is 23.2 Å². The average Bonchev–Trinajstić information content (AvgIpc) is 2.16. The monoisotopic (exact) mass is 205 g/mol. The van der Waals surface area contributed by atoms with Gasteiger partial charge >= 0.3 is 0 Å². The van der Waals surface area contributed by atoms with E-state index >= 15 is 0 Å². The van der Waals surface area contributed by atoms with Crippen LogP contribution in [0.2, 0.25) is 0 Å². The van der Waals surface area contributed by atoms with Gasteiger partial charge in [0.1, 0.15) is 0 Å². The zero-order valence-electron chi connectivity index (χ0n) is 10.1. The van der Waals surface area contributed by atoms with Gasteiger partial charge in [0.05, 0.1) is 6.07 Å². The van der Waals surface area contributed by atoms with Crippen LogP contribution in [0.15, 0.2) is 0 Å². The highest BCUT2D eigenvalue weighted by molar-refractivity contribution is 4.98. The van der Waals surface area contributed by atoms with E-state index in [1.165, 1.54) is 38.5 Å². The summed E-state index contributed by atoms with van der Waals surface area (Å²) in [6, 6.07) is 2.33. The number of nitriles is 1. The maximum Gasteiger partial charge on any atom is 0.0624 e. The zero-order chi connectivity index (χ0) is 10.9. The van der Waals surface area contributed by atoms with Crippen molar-refractivity contribution in [3.63, 3.8) is 0 Å². The van der Waals surface area contributed by atoms with Gasteiger partial charge in [0.15, 0.2) is 0 Å². The van der Waals surface area contributed by atoms with Crippen molar-refractivity contribution < 1.29 is 0 Å². The van der Waals surface area contributed by atoms with Crippen LogP contribution in [-0.4, -0.2) is 0 Å². The van der Waals surface area contributed by atoms with E-state index in [9.17, 15) is 0 Å². The molecule has 2 rings (SSSR count). The van der Waals surface area contributed by atoms with Crippen LogP contribution in [0.1, 0.15) is 58.8 Å². The van der Waals surface area contributed by atoms with E-state index in [0.29, 0.717) is 0 Å². The Bertz CT molecular complexity index is 245. The summed E-state index contributed by atoms with van der Waals surface area (Å²) in [7, 11) is 0. The molecule has 0 amide bonds. The van der Waals surface area contributed by atoms with Crippen LogP contribution in [0.25, 0.3) is 0 Å². The van der Waals surface area contributed by atoms with Crippen LogP contribution >= 0.6 is 0 Å². The third-order valence-corrected chi connectivity index (χ3v) is 4.88. The molecule has 0 N–H and O–H groups in total. The fourth-order valence-electron chi connectivity index (χ4n) is 3.56. The molecule has 15 heavy (non-hydrogen) atoms. The van der Waals surface area contributed by atoms with Crippen LogP contribution in [0, 0.1) is 34.5 Å². The van der Waals surface area contributed by atoms with Crippen molar-refractivity contribution in [3.8, 4) is 6.07 Å². The van der Waals surface area contributed by atoms with Crippen LogP contribution in [-0.2, 0) is 0 Å². The Morgan fingerprint density at radius 2 is 1.87 bits per heavy atom. The van der Waals surface area contributed by atoms with Gasteiger partial charge in [-0.05, 0) is 61.7 Å². The molecular formula is C14H23N. The first-order valence-electron chi connectivity index (χ1n) is 6.52. The molecule has 0 heterocycles. The molecule has 0 aliphatic heterocycles. The smallest absolute Gasteiger partial charge is 0.0624 e. The first kappa shape index (κ1) is 11.0. The van der Waals surface area contributed by atoms with E-state index in [0.717, 1.165) is 29.6 Å². The molecule has 0 aromatic carbocycles. The fraction of sp³-hybridized carbons (Fsp3) is 0.929.